The minimum Gasteiger partial charge on any atom is -0.369 e. The van der Waals surface area contributed by atoms with Crippen molar-refractivity contribution in [1.82, 2.24) is 20.2 Å². The Kier molecular flexibility index (Phi) is 4.84. The van der Waals surface area contributed by atoms with Crippen molar-refractivity contribution >= 4 is 34.6 Å². The Balaban J connectivity index is 2.13. The molecular weight excluding hydrogens is 260 g/mol. The molecule has 0 aliphatic rings. The zero-order chi connectivity index (χ0) is 13.7. The van der Waals surface area contributed by atoms with E-state index in [9.17, 15) is 0 Å². The van der Waals surface area contributed by atoms with E-state index < -0.39 is 0 Å². The molecule has 2 heterocycles. The third kappa shape index (κ3) is 3.50. The normalized spacial score (nSPS) is 12.6. The van der Waals surface area contributed by atoms with E-state index in [1.54, 1.807) is 6.20 Å². The predicted octanol–water partition coefficient (Wildman–Crippen LogP) is 2.34. The first-order valence-electron chi connectivity index (χ1n) is 6.46. The standard InChI is InChI=1S/C12H20N6S/c1-4-13-12-16-10(14-6-5-8(2)19-3)9-7-15-18-11(9)17-12/h7-8H,4-6H2,1-3H3,(H3,13,14,15,16,17,18). The Morgan fingerprint density at radius 1 is 1.37 bits per heavy atom. The van der Waals surface area contributed by atoms with Gasteiger partial charge < -0.3 is 10.6 Å². The maximum absolute atomic E-state index is 4.49. The summed E-state index contributed by atoms with van der Waals surface area (Å²) in [6.07, 6.45) is 4.99. The van der Waals surface area contributed by atoms with E-state index in [4.69, 9.17) is 0 Å². The summed E-state index contributed by atoms with van der Waals surface area (Å²) in [5.74, 6) is 1.46. The minimum absolute atomic E-state index is 0.625. The summed E-state index contributed by atoms with van der Waals surface area (Å²) in [5, 5.41) is 15.0. The smallest absolute Gasteiger partial charge is 0.226 e. The molecule has 0 amide bonds. The number of H-pyrrole nitrogens is 1. The van der Waals surface area contributed by atoms with Crippen LogP contribution in [0.3, 0.4) is 0 Å². The van der Waals surface area contributed by atoms with E-state index in [0.29, 0.717) is 11.2 Å². The van der Waals surface area contributed by atoms with Crippen LogP contribution < -0.4 is 10.6 Å². The van der Waals surface area contributed by atoms with Gasteiger partial charge in [-0.05, 0) is 19.6 Å². The lowest BCUT2D eigenvalue weighted by Crippen LogP contribution is -2.11. The van der Waals surface area contributed by atoms with Gasteiger partial charge in [0, 0.05) is 18.3 Å². The van der Waals surface area contributed by atoms with Crippen molar-refractivity contribution in [2.45, 2.75) is 25.5 Å². The van der Waals surface area contributed by atoms with Crippen molar-refractivity contribution < 1.29 is 0 Å². The first-order chi connectivity index (χ1) is 9.24. The molecule has 3 N–H and O–H groups in total. The second-order valence-corrected chi connectivity index (χ2v) is 5.60. The van der Waals surface area contributed by atoms with E-state index in [-0.39, 0.29) is 0 Å². The molecule has 0 bridgehead atoms. The van der Waals surface area contributed by atoms with E-state index >= 15 is 0 Å². The maximum Gasteiger partial charge on any atom is 0.226 e. The van der Waals surface area contributed by atoms with Gasteiger partial charge in [0.25, 0.3) is 0 Å². The zero-order valence-corrected chi connectivity index (χ0v) is 12.3. The summed E-state index contributed by atoms with van der Waals surface area (Å²) in [4.78, 5) is 8.85. The SMILES string of the molecule is CCNc1nc(NCCC(C)SC)c2cn[nH]c2n1. The first kappa shape index (κ1) is 13.9. The number of hydrogen-bond donors (Lipinski definition) is 3. The number of hydrogen-bond acceptors (Lipinski definition) is 6. The molecule has 1 atom stereocenters. The Morgan fingerprint density at radius 3 is 2.95 bits per heavy atom. The van der Waals surface area contributed by atoms with Gasteiger partial charge in [0.2, 0.25) is 5.95 Å². The summed E-state index contributed by atoms with van der Waals surface area (Å²) in [6.45, 7) is 5.94. The highest BCUT2D eigenvalue weighted by atomic mass is 32.2. The molecule has 104 valence electrons. The third-order valence-corrected chi connectivity index (χ3v) is 3.93. The van der Waals surface area contributed by atoms with Gasteiger partial charge >= 0.3 is 0 Å². The highest BCUT2D eigenvalue weighted by Crippen LogP contribution is 2.20. The van der Waals surface area contributed by atoms with Crippen molar-refractivity contribution in [2.24, 2.45) is 0 Å². The van der Waals surface area contributed by atoms with Crippen molar-refractivity contribution in [1.29, 1.82) is 0 Å². The molecule has 0 aromatic carbocycles. The van der Waals surface area contributed by atoms with Crippen LogP contribution in [0.1, 0.15) is 20.3 Å². The molecule has 19 heavy (non-hydrogen) atoms. The topological polar surface area (TPSA) is 78.5 Å². The molecule has 0 radical (unpaired) electrons. The zero-order valence-electron chi connectivity index (χ0n) is 11.5. The molecular formula is C12H20N6S. The van der Waals surface area contributed by atoms with Gasteiger partial charge in [-0.25, -0.2) is 0 Å². The fraction of sp³-hybridized carbons (Fsp3) is 0.583. The summed E-state index contributed by atoms with van der Waals surface area (Å²) >= 11 is 1.87. The van der Waals surface area contributed by atoms with Crippen LogP contribution in [-0.2, 0) is 0 Å². The van der Waals surface area contributed by atoms with Gasteiger partial charge in [0.05, 0.1) is 11.6 Å². The number of nitrogens with zero attached hydrogens (tertiary/aromatic N) is 3. The predicted molar refractivity (Wildman–Crippen MR) is 81.9 cm³/mol. The number of nitrogens with one attached hydrogen (secondary N) is 3. The Hall–Kier alpha value is -1.50. The van der Waals surface area contributed by atoms with Crippen molar-refractivity contribution in [3.8, 4) is 0 Å². The minimum atomic E-state index is 0.625. The van der Waals surface area contributed by atoms with E-state index in [0.717, 1.165) is 36.4 Å². The maximum atomic E-state index is 4.49. The molecule has 0 saturated heterocycles. The molecule has 0 aliphatic carbocycles. The third-order valence-electron chi connectivity index (χ3n) is 2.89. The first-order valence-corrected chi connectivity index (χ1v) is 7.75. The number of thioether (sulfide) groups is 1. The second kappa shape index (κ2) is 6.60. The van der Waals surface area contributed by atoms with Gasteiger partial charge in [-0.15, -0.1) is 0 Å². The van der Waals surface area contributed by atoms with Crippen LogP contribution in [0.4, 0.5) is 11.8 Å². The number of aromatic nitrogens is 4. The monoisotopic (exact) mass is 280 g/mol. The molecule has 1 unspecified atom stereocenters. The van der Waals surface area contributed by atoms with Gasteiger partial charge in [0.15, 0.2) is 5.65 Å². The van der Waals surface area contributed by atoms with E-state index in [1.807, 2.05) is 18.7 Å². The Morgan fingerprint density at radius 2 is 2.21 bits per heavy atom. The van der Waals surface area contributed by atoms with Crippen LogP contribution in [-0.4, -0.2) is 44.8 Å². The van der Waals surface area contributed by atoms with Gasteiger partial charge in [-0.1, -0.05) is 6.92 Å². The lowest BCUT2D eigenvalue weighted by molar-refractivity contribution is 0.850. The van der Waals surface area contributed by atoms with Crippen molar-refractivity contribution in [2.75, 3.05) is 30.0 Å². The average Bonchev–Trinajstić information content (AvgIpc) is 2.87. The van der Waals surface area contributed by atoms with Gasteiger partial charge in [-0.2, -0.15) is 26.8 Å². The van der Waals surface area contributed by atoms with E-state index in [1.165, 1.54) is 0 Å². The van der Waals surface area contributed by atoms with E-state index in [2.05, 4.69) is 44.0 Å². The Bertz CT molecular complexity index is 526. The molecule has 2 aromatic rings. The van der Waals surface area contributed by atoms with Crippen LogP contribution in [0.25, 0.3) is 11.0 Å². The van der Waals surface area contributed by atoms with Gasteiger partial charge in [-0.3, -0.25) is 5.10 Å². The quantitative estimate of drug-likeness (QED) is 0.722. The van der Waals surface area contributed by atoms with Crippen LogP contribution in [0.5, 0.6) is 0 Å². The van der Waals surface area contributed by atoms with Crippen LogP contribution in [0, 0.1) is 0 Å². The molecule has 7 heteroatoms. The van der Waals surface area contributed by atoms with Crippen LogP contribution >= 0.6 is 11.8 Å². The Labute approximate surface area is 117 Å². The highest BCUT2D eigenvalue weighted by molar-refractivity contribution is 7.99. The highest BCUT2D eigenvalue weighted by Gasteiger charge is 2.09. The van der Waals surface area contributed by atoms with Crippen molar-refractivity contribution in [3.05, 3.63) is 6.20 Å². The molecule has 0 spiro atoms. The molecule has 0 aliphatic heterocycles. The van der Waals surface area contributed by atoms with Crippen LogP contribution in [0.2, 0.25) is 0 Å². The fourth-order valence-electron chi connectivity index (χ4n) is 1.72. The summed E-state index contributed by atoms with van der Waals surface area (Å²) in [6, 6.07) is 0. The summed E-state index contributed by atoms with van der Waals surface area (Å²) < 4.78 is 0. The molecule has 0 saturated carbocycles. The molecule has 2 rings (SSSR count). The lowest BCUT2D eigenvalue weighted by atomic mass is 10.3. The number of aromatic amines is 1. The lowest BCUT2D eigenvalue weighted by Gasteiger charge is -2.11. The van der Waals surface area contributed by atoms with Crippen molar-refractivity contribution in [3.63, 3.8) is 0 Å². The molecule has 2 aromatic heterocycles. The summed E-state index contributed by atoms with van der Waals surface area (Å²) in [5.41, 5.74) is 0.756. The largest absolute Gasteiger partial charge is 0.369 e. The molecule has 6 nitrogen and oxygen atoms in total. The molecule has 0 fully saturated rings. The second-order valence-electron chi connectivity index (χ2n) is 4.32. The number of anilines is 2. The average molecular weight is 280 g/mol. The fourth-order valence-corrected chi connectivity index (χ4v) is 2.07. The van der Waals surface area contributed by atoms with Gasteiger partial charge in [0.1, 0.15) is 5.82 Å². The summed E-state index contributed by atoms with van der Waals surface area (Å²) in [7, 11) is 0. The number of fused-ring (bicyclic) bond motifs is 1. The van der Waals surface area contributed by atoms with Crippen LogP contribution in [0.15, 0.2) is 6.20 Å². The number of rotatable bonds is 7.